The summed E-state index contributed by atoms with van der Waals surface area (Å²) in [5, 5.41) is 11.7. The third kappa shape index (κ3) is 5.52. The number of benzene rings is 1. The predicted molar refractivity (Wildman–Crippen MR) is 91.3 cm³/mol. The van der Waals surface area contributed by atoms with Gasteiger partial charge in [-0.25, -0.2) is 0 Å². The van der Waals surface area contributed by atoms with Gasteiger partial charge in [0.15, 0.2) is 0 Å². The average molecular weight is 300 g/mol. The molecule has 0 saturated carbocycles. The summed E-state index contributed by atoms with van der Waals surface area (Å²) in [6, 6.07) is 9.65. The van der Waals surface area contributed by atoms with E-state index in [0.29, 0.717) is 24.2 Å². The van der Waals surface area contributed by atoms with Crippen molar-refractivity contribution in [3.8, 4) is 6.07 Å². The minimum absolute atomic E-state index is 0.0267. The normalized spacial score (nSPS) is 13.7. The molecule has 1 aromatic carbocycles. The van der Waals surface area contributed by atoms with Gasteiger partial charge in [0.2, 0.25) is 5.91 Å². The highest BCUT2D eigenvalue weighted by molar-refractivity contribution is 5.92. The van der Waals surface area contributed by atoms with Crippen molar-refractivity contribution in [1.29, 1.82) is 5.26 Å². The summed E-state index contributed by atoms with van der Waals surface area (Å²) in [5.41, 5.74) is 1.77. The number of carbonyl (C=O) groups is 1. The summed E-state index contributed by atoms with van der Waals surface area (Å²) >= 11 is 0. The van der Waals surface area contributed by atoms with Gasteiger partial charge in [-0.2, -0.15) is 5.26 Å². The number of nitrogens with zero attached hydrogens (tertiary/aromatic N) is 1. The quantitative estimate of drug-likeness (QED) is 0.797. The van der Waals surface area contributed by atoms with Crippen molar-refractivity contribution in [2.75, 3.05) is 5.32 Å². The zero-order chi connectivity index (χ0) is 16.7. The molecule has 1 N–H and O–H groups in total. The molecular weight excluding hydrogens is 272 g/mol. The van der Waals surface area contributed by atoms with E-state index in [1.54, 1.807) is 0 Å². The first-order valence-electron chi connectivity index (χ1n) is 8.11. The van der Waals surface area contributed by atoms with Crippen LogP contribution in [0.5, 0.6) is 0 Å². The summed E-state index contributed by atoms with van der Waals surface area (Å²) in [7, 11) is 0. The lowest BCUT2D eigenvalue weighted by atomic mass is 9.79. The molecule has 0 heterocycles. The van der Waals surface area contributed by atoms with Crippen LogP contribution in [0.1, 0.15) is 46.6 Å². The van der Waals surface area contributed by atoms with Crippen molar-refractivity contribution in [2.24, 2.45) is 23.7 Å². The topological polar surface area (TPSA) is 52.9 Å². The van der Waals surface area contributed by atoms with Crippen LogP contribution in [-0.2, 0) is 11.2 Å². The van der Waals surface area contributed by atoms with Crippen LogP contribution in [0.15, 0.2) is 24.3 Å². The Morgan fingerprint density at radius 2 is 1.73 bits per heavy atom. The highest BCUT2D eigenvalue weighted by atomic mass is 16.1. The maximum Gasteiger partial charge on any atom is 0.227 e. The highest BCUT2D eigenvalue weighted by Gasteiger charge is 2.27. The summed E-state index contributed by atoms with van der Waals surface area (Å²) in [6.45, 7) is 10.8. The lowest BCUT2D eigenvalue weighted by Gasteiger charge is -2.27. The molecule has 0 saturated heterocycles. The van der Waals surface area contributed by atoms with E-state index in [1.807, 2.05) is 24.3 Å². The molecular formula is C19H28N2O. The van der Waals surface area contributed by atoms with Crippen LogP contribution in [0.25, 0.3) is 0 Å². The van der Waals surface area contributed by atoms with Crippen LogP contribution in [-0.4, -0.2) is 5.91 Å². The summed E-state index contributed by atoms with van der Waals surface area (Å²) in [5.74, 6) is 1.45. The Kier molecular flexibility index (Phi) is 7.11. The van der Waals surface area contributed by atoms with E-state index in [9.17, 15) is 4.79 Å². The molecule has 0 aliphatic heterocycles. The van der Waals surface area contributed by atoms with E-state index in [0.717, 1.165) is 17.7 Å². The van der Waals surface area contributed by atoms with Gasteiger partial charge < -0.3 is 5.32 Å². The number of amides is 1. The number of hydrogen-bond donors (Lipinski definition) is 1. The second-order valence-electron chi connectivity index (χ2n) is 6.86. The van der Waals surface area contributed by atoms with Crippen LogP contribution >= 0.6 is 0 Å². The number of hydrogen-bond acceptors (Lipinski definition) is 2. The van der Waals surface area contributed by atoms with Crippen LogP contribution in [0, 0.1) is 35.0 Å². The molecule has 2 atom stereocenters. The van der Waals surface area contributed by atoms with Crippen molar-refractivity contribution in [3.05, 3.63) is 29.8 Å². The lowest BCUT2D eigenvalue weighted by molar-refractivity contribution is -0.122. The molecule has 120 valence electrons. The third-order valence-corrected chi connectivity index (χ3v) is 4.25. The Balaban J connectivity index is 2.79. The molecule has 22 heavy (non-hydrogen) atoms. The minimum Gasteiger partial charge on any atom is -0.326 e. The molecule has 0 aliphatic carbocycles. The predicted octanol–water partition coefficient (Wildman–Crippen LogP) is 4.65. The summed E-state index contributed by atoms with van der Waals surface area (Å²) < 4.78 is 0. The molecule has 1 aromatic rings. The van der Waals surface area contributed by atoms with E-state index in [4.69, 9.17) is 5.26 Å². The van der Waals surface area contributed by atoms with Gasteiger partial charge in [-0.3, -0.25) is 4.79 Å². The smallest absolute Gasteiger partial charge is 0.227 e. The van der Waals surface area contributed by atoms with Crippen molar-refractivity contribution < 1.29 is 4.79 Å². The van der Waals surface area contributed by atoms with Gasteiger partial charge in [-0.05, 0) is 41.9 Å². The monoisotopic (exact) mass is 300 g/mol. The van der Waals surface area contributed by atoms with Crippen molar-refractivity contribution in [1.82, 2.24) is 0 Å². The van der Waals surface area contributed by atoms with Gasteiger partial charge in [0.05, 0.1) is 12.5 Å². The first kappa shape index (κ1) is 18.2. The largest absolute Gasteiger partial charge is 0.326 e. The number of anilines is 1. The Labute approximate surface area is 134 Å². The maximum absolute atomic E-state index is 12.6. The van der Waals surface area contributed by atoms with Crippen molar-refractivity contribution >= 4 is 11.6 Å². The molecule has 1 rings (SSSR count). The fourth-order valence-corrected chi connectivity index (χ4v) is 2.57. The molecule has 1 amide bonds. The van der Waals surface area contributed by atoms with Crippen molar-refractivity contribution in [3.63, 3.8) is 0 Å². The molecule has 3 heteroatoms. The van der Waals surface area contributed by atoms with Gasteiger partial charge in [-0.1, -0.05) is 46.8 Å². The number of nitrogens with one attached hydrogen (secondary N) is 1. The number of rotatable bonds is 7. The fourth-order valence-electron chi connectivity index (χ4n) is 2.57. The Hall–Kier alpha value is -1.82. The van der Waals surface area contributed by atoms with Gasteiger partial charge in [0, 0.05) is 11.6 Å². The third-order valence-electron chi connectivity index (χ3n) is 4.25. The van der Waals surface area contributed by atoms with Crippen molar-refractivity contribution in [2.45, 2.75) is 47.5 Å². The van der Waals surface area contributed by atoms with Gasteiger partial charge in [0.1, 0.15) is 0 Å². The molecule has 0 spiro atoms. The average Bonchev–Trinajstić information content (AvgIpc) is 2.46. The summed E-state index contributed by atoms with van der Waals surface area (Å²) in [6.07, 6.45) is 1.30. The molecule has 0 radical (unpaired) electrons. The minimum atomic E-state index is 0.0267. The van der Waals surface area contributed by atoms with Gasteiger partial charge in [-0.15, -0.1) is 0 Å². The van der Waals surface area contributed by atoms with Crippen LogP contribution < -0.4 is 5.32 Å². The Bertz CT molecular complexity index is 511. The molecule has 0 fully saturated rings. The second kappa shape index (κ2) is 8.58. The van der Waals surface area contributed by atoms with E-state index >= 15 is 0 Å². The van der Waals surface area contributed by atoms with E-state index in [1.165, 1.54) is 0 Å². The highest BCUT2D eigenvalue weighted by Crippen LogP contribution is 2.28. The van der Waals surface area contributed by atoms with E-state index in [-0.39, 0.29) is 11.8 Å². The molecule has 2 unspecified atom stereocenters. The zero-order valence-corrected chi connectivity index (χ0v) is 14.4. The number of nitriles is 1. The van der Waals surface area contributed by atoms with E-state index in [2.05, 4.69) is 46.0 Å². The maximum atomic E-state index is 12.6. The SMILES string of the molecule is CC(C)CC(C(=O)Nc1ccc(CC#N)cc1)C(C)C(C)C. The lowest BCUT2D eigenvalue weighted by Crippen LogP contribution is -2.31. The van der Waals surface area contributed by atoms with E-state index < -0.39 is 0 Å². The Morgan fingerprint density at radius 1 is 1.14 bits per heavy atom. The summed E-state index contributed by atoms with van der Waals surface area (Å²) in [4.78, 5) is 12.6. The van der Waals surface area contributed by atoms with Crippen LogP contribution in [0.4, 0.5) is 5.69 Å². The molecule has 0 bridgehead atoms. The van der Waals surface area contributed by atoms with Crippen LogP contribution in [0.2, 0.25) is 0 Å². The first-order chi connectivity index (χ1) is 10.3. The molecule has 3 nitrogen and oxygen atoms in total. The van der Waals surface area contributed by atoms with Crippen LogP contribution in [0.3, 0.4) is 0 Å². The first-order valence-corrected chi connectivity index (χ1v) is 8.11. The zero-order valence-electron chi connectivity index (χ0n) is 14.4. The second-order valence-corrected chi connectivity index (χ2v) is 6.86. The molecule has 0 aromatic heterocycles. The number of carbonyl (C=O) groups excluding carboxylic acids is 1. The van der Waals surface area contributed by atoms with Gasteiger partial charge >= 0.3 is 0 Å². The standard InChI is InChI=1S/C19H28N2O/c1-13(2)12-18(15(5)14(3)4)19(22)21-17-8-6-16(7-9-17)10-11-20/h6-9,13-15,18H,10,12H2,1-5H3,(H,21,22). The Morgan fingerprint density at radius 3 is 2.18 bits per heavy atom. The fraction of sp³-hybridized carbons (Fsp3) is 0.579. The molecule has 0 aliphatic rings. The van der Waals surface area contributed by atoms with Gasteiger partial charge in [0.25, 0.3) is 0 Å².